The lowest BCUT2D eigenvalue weighted by Gasteiger charge is -2.29. The maximum Gasteiger partial charge on any atom is 0.257 e. The number of carbonyl (C=O) groups is 3. The van der Waals surface area contributed by atoms with E-state index in [9.17, 15) is 14.4 Å². The molecule has 0 bridgehead atoms. The molecule has 1 saturated carbocycles. The van der Waals surface area contributed by atoms with Crippen molar-refractivity contribution in [1.29, 1.82) is 0 Å². The van der Waals surface area contributed by atoms with Crippen molar-refractivity contribution < 1.29 is 23.9 Å². The van der Waals surface area contributed by atoms with Gasteiger partial charge in [-0.05, 0) is 74.8 Å². The number of anilines is 1. The minimum absolute atomic E-state index is 0.00663. The Morgan fingerprint density at radius 1 is 1.05 bits per heavy atom. The summed E-state index contributed by atoms with van der Waals surface area (Å²) in [6.45, 7) is 4.98. The molecule has 8 nitrogen and oxygen atoms in total. The van der Waals surface area contributed by atoms with Crippen LogP contribution in [0, 0.1) is 19.8 Å². The molecule has 218 valence electrons. The van der Waals surface area contributed by atoms with Gasteiger partial charge < -0.3 is 29.1 Å². The predicted octanol–water partition coefficient (Wildman–Crippen LogP) is 4.98. The average molecular weight is 560 g/mol. The number of likely N-dealkylation sites (tertiary alicyclic amines) is 1. The summed E-state index contributed by atoms with van der Waals surface area (Å²) in [6, 6.07) is 11.8. The summed E-state index contributed by atoms with van der Waals surface area (Å²) in [4.78, 5) is 39.8. The van der Waals surface area contributed by atoms with Gasteiger partial charge in [-0.25, -0.2) is 0 Å². The number of fused-ring (bicyclic) bond motifs is 1. The van der Waals surface area contributed by atoms with Crippen LogP contribution in [-0.4, -0.2) is 66.1 Å². The Hall–Kier alpha value is -3.49. The molecule has 5 rings (SSSR count). The van der Waals surface area contributed by atoms with Crippen molar-refractivity contribution in [2.45, 2.75) is 70.6 Å². The van der Waals surface area contributed by atoms with Crippen LogP contribution in [0.15, 0.2) is 42.6 Å². The van der Waals surface area contributed by atoms with E-state index in [1.807, 2.05) is 73.0 Å². The first kappa shape index (κ1) is 29.0. The molecular formula is C33H41N3O5. The molecule has 2 aliphatic rings. The molecule has 1 aliphatic heterocycles. The van der Waals surface area contributed by atoms with Crippen LogP contribution in [0.2, 0.25) is 0 Å². The first-order valence-electron chi connectivity index (χ1n) is 14.6. The van der Waals surface area contributed by atoms with E-state index in [4.69, 9.17) is 9.47 Å². The second-order valence-electron chi connectivity index (χ2n) is 11.7. The van der Waals surface area contributed by atoms with Gasteiger partial charge in [0, 0.05) is 49.4 Å². The number of hydrogen-bond donors (Lipinski definition) is 1. The third-order valence-electron chi connectivity index (χ3n) is 8.88. The summed E-state index contributed by atoms with van der Waals surface area (Å²) in [5.74, 6) is 0.0537. The average Bonchev–Trinajstić information content (AvgIpc) is 3.56. The smallest absolute Gasteiger partial charge is 0.257 e. The summed E-state index contributed by atoms with van der Waals surface area (Å²) in [5, 5.41) is 4.00. The molecule has 2 fully saturated rings. The van der Waals surface area contributed by atoms with Crippen LogP contribution in [0.4, 0.5) is 5.69 Å². The zero-order valence-electron chi connectivity index (χ0n) is 24.5. The molecular weight excluding hydrogens is 518 g/mol. The Kier molecular flexibility index (Phi) is 8.90. The Balaban J connectivity index is 1.24. The third-order valence-corrected chi connectivity index (χ3v) is 8.88. The highest BCUT2D eigenvalue weighted by Gasteiger charge is 2.36. The quantitative estimate of drug-likeness (QED) is 0.374. The Labute approximate surface area is 242 Å². The van der Waals surface area contributed by atoms with Gasteiger partial charge in [0.25, 0.3) is 5.91 Å². The second-order valence-corrected chi connectivity index (χ2v) is 11.7. The first-order valence-corrected chi connectivity index (χ1v) is 14.6. The number of nitrogens with one attached hydrogen (secondary N) is 1. The number of benzene rings is 2. The highest BCUT2D eigenvalue weighted by molar-refractivity contribution is 6.13. The number of nitrogens with zero attached hydrogens (tertiary/aromatic N) is 2. The minimum Gasteiger partial charge on any atom is -0.380 e. The summed E-state index contributed by atoms with van der Waals surface area (Å²) in [6.07, 6.45) is 7.61. The van der Waals surface area contributed by atoms with Crippen molar-refractivity contribution in [3.8, 4) is 0 Å². The van der Waals surface area contributed by atoms with E-state index in [0.717, 1.165) is 71.7 Å². The van der Waals surface area contributed by atoms with Crippen LogP contribution in [0.5, 0.6) is 0 Å². The van der Waals surface area contributed by atoms with Gasteiger partial charge in [0.05, 0.1) is 36.8 Å². The second kappa shape index (κ2) is 12.6. The lowest BCUT2D eigenvalue weighted by molar-refractivity contribution is -0.133. The van der Waals surface area contributed by atoms with E-state index in [2.05, 4.69) is 5.32 Å². The van der Waals surface area contributed by atoms with Gasteiger partial charge in [-0.3, -0.25) is 9.59 Å². The van der Waals surface area contributed by atoms with Crippen LogP contribution in [0.3, 0.4) is 0 Å². The van der Waals surface area contributed by atoms with Crippen LogP contribution < -0.4 is 5.32 Å². The van der Waals surface area contributed by atoms with Gasteiger partial charge in [-0.2, -0.15) is 0 Å². The summed E-state index contributed by atoms with van der Waals surface area (Å²) < 4.78 is 13.8. The van der Waals surface area contributed by atoms with Crippen LogP contribution in [0.1, 0.15) is 59.2 Å². The van der Waals surface area contributed by atoms with Crippen LogP contribution in [-0.2, 0) is 32.5 Å². The first-order chi connectivity index (χ1) is 19.8. The molecule has 8 heteroatoms. The van der Waals surface area contributed by atoms with Gasteiger partial charge in [0.1, 0.15) is 6.29 Å². The van der Waals surface area contributed by atoms with Crippen LogP contribution in [0.25, 0.3) is 10.9 Å². The zero-order chi connectivity index (χ0) is 29.1. The lowest BCUT2D eigenvalue weighted by Crippen LogP contribution is -2.40. The normalized spacial score (nSPS) is 22.7. The Morgan fingerprint density at radius 2 is 1.80 bits per heavy atom. The number of aldehydes is 1. The number of carbonyl (C=O) groups excluding carboxylic acids is 3. The summed E-state index contributed by atoms with van der Waals surface area (Å²) in [5.41, 5.74) is 5.20. The highest BCUT2D eigenvalue weighted by atomic mass is 16.5. The molecule has 1 aromatic heterocycles. The van der Waals surface area contributed by atoms with Gasteiger partial charge in [-0.1, -0.05) is 24.3 Å². The maximum absolute atomic E-state index is 13.6. The SMILES string of the molecule is CO[C@H]1C[C@@H](CO[C@H]2CC[C@H](C=O)CC2)N(C(=O)Cc2cc(C)c(NC(=O)c3cn(C)c4ccccc34)cc2C)C1. The highest BCUT2D eigenvalue weighted by Crippen LogP contribution is 2.29. The monoisotopic (exact) mass is 559 g/mol. The van der Waals surface area contributed by atoms with E-state index in [1.54, 1.807) is 7.11 Å². The minimum atomic E-state index is -0.154. The molecule has 0 unspecified atom stereocenters. The molecule has 2 amide bonds. The van der Waals surface area contributed by atoms with Gasteiger partial charge >= 0.3 is 0 Å². The van der Waals surface area contributed by atoms with Crippen molar-refractivity contribution in [2.75, 3.05) is 25.6 Å². The fourth-order valence-electron chi connectivity index (χ4n) is 6.32. The number of ether oxygens (including phenoxy) is 2. The standard InChI is InChI=1S/C33H41N3O5/c1-21-14-30(34-33(39)29-18-35(3)31-8-6-5-7-28(29)31)22(2)13-24(21)15-32(38)36-17-27(40-4)16-25(36)20-41-26-11-9-23(19-37)10-12-26/h5-8,13-14,18-19,23,25-27H,9-12,15-17,20H2,1-4H3,(H,34,39)/t23-,25-,26-,27-/m0/s1. The van der Waals surface area contributed by atoms with Crippen molar-refractivity contribution in [1.82, 2.24) is 9.47 Å². The molecule has 41 heavy (non-hydrogen) atoms. The van der Waals surface area contributed by atoms with Crippen molar-refractivity contribution in [3.05, 3.63) is 64.8 Å². The molecule has 1 N–H and O–H groups in total. The van der Waals surface area contributed by atoms with Crippen molar-refractivity contribution in [2.24, 2.45) is 13.0 Å². The third kappa shape index (κ3) is 6.39. The van der Waals surface area contributed by atoms with E-state index in [-0.39, 0.29) is 42.4 Å². The van der Waals surface area contributed by atoms with E-state index >= 15 is 0 Å². The number of aromatic nitrogens is 1. The lowest BCUT2D eigenvalue weighted by atomic mass is 9.88. The van der Waals surface area contributed by atoms with E-state index in [0.29, 0.717) is 18.7 Å². The van der Waals surface area contributed by atoms with E-state index in [1.165, 1.54) is 0 Å². The van der Waals surface area contributed by atoms with Crippen molar-refractivity contribution in [3.63, 3.8) is 0 Å². The maximum atomic E-state index is 13.6. The van der Waals surface area contributed by atoms with Crippen molar-refractivity contribution >= 4 is 34.7 Å². The molecule has 2 aromatic carbocycles. The Bertz CT molecular complexity index is 1420. The number of rotatable bonds is 9. The predicted molar refractivity (Wildman–Crippen MR) is 159 cm³/mol. The fraction of sp³-hybridized carbons (Fsp3) is 0.485. The number of aryl methyl sites for hydroxylation is 3. The zero-order valence-corrected chi connectivity index (χ0v) is 24.5. The van der Waals surface area contributed by atoms with Gasteiger partial charge in [0.15, 0.2) is 0 Å². The molecule has 3 aromatic rings. The molecule has 1 saturated heterocycles. The number of hydrogen-bond acceptors (Lipinski definition) is 5. The van der Waals surface area contributed by atoms with Crippen LogP contribution >= 0.6 is 0 Å². The fourth-order valence-corrected chi connectivity index (χ4v) is 6.32. The van der Waals surface area contributed by atoms with Gasteiger partial charge in [-0.15, -0.1) is 0 Å². The largest absolute Gasteiger partial charge is 0.380 e. The Morgan fingerprint density at radius 3 is 2.54 bits per heavy atom. The van der Waals surface area contributed by atoms with Gasteiger partial charge in [0.2, 0.25) is 5.91 Å². The number of para-hydroxylation sites is 1. The molecule has 0 radical (unpaired) electrons. The molecule has 1 aliphatic carbocycles. The summed E-state index contributed by atoms with van der Waals surface area (Å²) in [7, 11) is 3.63. The van der Waals surface area contributed by atoms with E-state index < -0.39 is 0 Å². The summed E-state index contributed by atoms with van der Waals surface area (Å²) >= 11 is 0. The number of amides is 2. The number of methoxy groups -OCH3 is 1. The molecule has 2 atom stereocenters. The molecule has 0 spiro atoms. The topological polar surface area (TPSA) is 89.9 Å². The molecule has 2 heterocycles.